The molecule has 0 spiro atoms. The van der Waals surface area contributed by atoms with E-state index in [1.54, 1.807) is 12.4 Å². The number of aryl methyl sites for hydroxylation is 1. The number of likely N-dealkylation sites (tertiary alicyclic amines) is 1. The first-order valence-electron chi connectivity index (χ1n) is 7.86. The Kier molecular flexibility index (Phi) is 3.61. The van der Waals surface area contributed by atoms with E-state index in [4.69, 9.17) is 0 Å². The van der Waals surface area contributed by atoms with Gasteiger partial charge in [0.2, 0.25) is 0 Å². The lowest BCUT2D eigenvalue weighted by Gasteiger charge is -2.31. The lowest BCUT2D eigenvalue weighted by molar-refractivity contribution is 0.0718. The number of thiazole rings is 1. The van der Waals surface area contributed by atoms with Crippen molar-refractivity contribution in [2.75, 3.05) is 13.1 Å². The summed E-state index contributed by atoms with van der Waals surface area (Å²) in [6.07, 6.45) is 7.56. The molecule has 4 rings (SSSR count). The van der Waals surface area contributed by atoms with Gasteiger partial charge < -0.3 is 9.88 Å². The van der Waals surface area contributed by atoms with Crippen molar-refractivity contribution < 1.29 is 4.79 Å². The van der Waals surface area contributed by atoms with Crippen LogP contribution in [0.5, 0.6) is 0 Å². The summed E-state index contributed by atoms with van der Waals surface area (Å²) in [7, 11) is 0. The minimum Gasteiger partial charge on any atom is -0.346 e. The van der Waals surface area contributed by atoms with Gasteiger partial charge >= 0.3 is 0 Å². The van der Waals surface area contributed by atoms with Crippen molar-refractivity contribution in [3.63, 3.8) is 0 Å². The molecular weight excluding hydrogens is 308 g/mol. The van der Waals surface area contributed by atoms with Crippen molar-refractivity contribution in [3.05, 3.63) is 46.2 Å². The molecule has 6 heteroatoms. The fraction of sp³-hybridized carbons (Fsp3) is 0.353. The third kappa shape index (κ3) is 2.63. The van der Waals surface area contributed by atoms with Crippen molar-refractivity contribution in [2.24, 2.45) is 0 Å². The summed E-state index contributed by atoms with van der Waals surface area (Å²) in [4.78, 5) is 27.0. The number of piperidine rings is 1. The number of amides is 1. The number of H-pyrrole nitrogens is 1. The predicted molar refractivity (Wildman–Crippen MR) is 90.8 cm³/mol. The summed E-state index contributed by atoms with van der Waals surface area (Å²) in [5.74, 6) is 0.606. The smallest absolute Gasteiger partial charge is 0.265 e. The van der Waals surface area contributed by atoms with Crippen LogP contribution in [-0.4, -0.2) is 38.8 Å². The molecule has 1 aliphatic rings. The molecule has 3 aromatic rings. The Morgan fingerprint density at radius 2 is 2.17 bits per heavy atom. The number of hydrogen-bond donors (Lipinski definition) is 1. The van der Waals surface area contributed by atoms with Crippen LogP contribution in [0.25, 0.3) is 11.0 Å². The number of carbonyl (C=O) groups is 1. The Balaban J connectivity index is 1.48. The van der Waals surface area contributed by atoms with E-state index >= 15 is 0 Å². The number of fused-ring (bicyclic) bond motifs is 1. The van der Waals surface area contributed by atoms with E-state index in [0.29, 0.717) is 5.92 Å². The molecule has 0 saturated carbocycles. The molecule has 4 heterocycles. The average Bonchev–Trinajstić information content (AvgIpc) is 3.21. The molecule has 1 aliphatic heterocycles. The first-order valence-corrected chi connectivity index (χ1v) is 8.68. The van der Waals surface area contributed by atoms with Gasteiger partial charge in [0, 0.05) is 30.9 Å². The van der Waals surface area contributed by atoms with Crippen molar-refractivity contribution in [3.8, 4) is 0 Å². The summed E-state index contributed by atoms with van der Waals surface area (Å²) in [5.41, 5.74) is 2.27. The van der Waals surface area contributed by atoms with Crippen molar-refractivity contribution in [2.45, 2.75) is 25.7 Å². The normalized spacial score (nSPS) is 16.1. The topological polar surface area (TPSA) is 61.9 Å². The Labute approximate surface area is 138 Å². The average molecular weight is 326 g/mol. The van der Waals surface area contributed by atoms with Crippen LogP contribution in [0.15, 0.2) is 30.7 Å². The number of hydrogen-bond acceptors (Lipinski definition) is 4. The number of nitrogens with zero attached hydrogens (tertiary/aromatic N) is 3. The highest BCUT2D eigenvalue weighted by Crippen LogP contribution is 2.33. The predicted octanol–water partition coefficient (Wildman–Crippen LogP) is 3.35. The van der Waals surface area contributed by atoms with Gasteiger partial charge in [0.15, 0.2) is 0 Å². The van der Waals surface area contributed by atoms with Gasteiger partial charge in [0.25, 0.3) is 5.91 Å². The quantitative estimate of drug-likeness (QED) is 0.785. The van der Waals surface area contributed by atoms with E-state index in [0.717, 1.165) is 41.5 Å². The number of nitrogens with one attached hydrogen (secondary N) is 1. The van der Waals surface area contributed by atoms with Crippen molar-refractivity contribution >= 4 is 28.3 Å². The fourth-order valence-corrected chi connectivity index (χ4v) is 4.07. The van der Waals surface area contributed by atoms with E-state index in [1.807, 2.05) is 17.9 Å². The Bertz CT molecular complexity index is 845. The molecule has 1 saturated heterocycles. The monoisotopic (exact) mass is 326 g/mol. The van der Waals surface area contributed by atoms with Crippen LogP contribution in [0.3, 0.4) is 0 Å². The fourth-order valence-electron chi connectivity index (χ4n) is 3.32. The van der Waals surface area contributed by atoms with Gasteiger partial charge in [-0.05, 0) is 43.4 Å². The van der Waals surface area contributed by atoms with E-state index < -0.39 is 0 Å². The van der Waals surface area contributed by atoms with Crippen LogP contribution in [0, 0.1) is 6.92 Å². The summed E-state index contributed by atoms with van der Waals surface area (Å²) in [5, 5.41) is 2.14. The molecule has 0 aliphatic carbocycles. The number of aromatic nitrogens is 3. The molecule has 0 aromatic carbocycles. The van der Waals surface area contributed by atoms with Crippen molar-refractivity contribution in [1.29, 1.82) is 0 Å². The number of carbonyl (C=O) groups excluding carboxylic acids is 1. The second-order valence-electron chi connectivity index (χ2n) is 5.95. The van der Waals surface area contributed by atoms with Gasteiger partial charge in [-0.2, -0.15) is 0 Å². The number of pyridine rings is 1. The molecule has 5 nitrogen and oxygen atoms in total. The Morgan fingerprint density at radius 1 is 1.35 bits per heavy atom. The second-order valence-corrected chi connectivity index (χ2v) is 7.19. The van der Waals surface area contributed by atoms with E-state index in [1.165, 1.54) is 22.3 Å². The molecule has 0 bridgehead atoms. The third-order valence-corrected chi connectivity index (χ3v) is 5.44. The SMILES string of the molecule is Cc1ncc(C(=O)N2CCC(c3c[nH]c4ncccc34)CC2)s1. The zero-order chi connectivity index (χ0) is 15.8. The van der Waals surface area contributed by atoms with E-state index in [9.17, 15) is 4.79 Å². The molecular formula is C17H18N4OS. The highest BCUT2D eigenvalue weighted by Gasteiger charge is 2.26. The van der Waals surface area contributed by atoms with Gasteiger partial charge in [-0.25, -0.2) is 9.97 Å². The summed E-state index contributed by atoms with van der Waals surface area (Å²) in [6, 6.07) is 4.09. The molecule has 0 atom stereocenters. The standard InChI is InChI=1S/C17H18N4OS/c1-11-19-10-15(23-11)17(22)21-7-4-12(5-8-21)14-9-20-16-13(14)3-2-6-18-16/h2-3,6,9-10,12H,4-5,7-8H2,1H3,(H,18,20). The maximum atomic E-state index is 12.5. The van der Waals surface area contributed by atoms with Crippen LogP contribution in [0.2, 0.25) is 0 Å². The minimum atomic E-state index is 0.120. The maximum Gasteiger partial charge on any atom is 0.265 e. The van der Waals surface area contributed by atoms with E-state index in [-0.39, 0.29) is 5.91 Å². The first kappa shape index (κ1) is 14.4. The Hall–Kier alpha value is -2.21. The summed E-state index contributed by atoms with van der Waals surface area (Å²) < 4.78 is 0. The number of rotatable bonds is 2. The zero-order valence-electron chi connectivity index (χ0n) is 13.0. The van der Waals surface area contributed by atoms with Gasteiger partial charge in [-0.1, -0.05) is 0 Å². The first-order chi connectivity index (χ1) is 11.2. The molecule has 3 aromatic heterocycles. The molecule has 0 unspecified atom stereocenters. The second kappa shape index (κ2) is 5.77. The largest absolute Gasteiger partial charge is 0.346 e. The van der Waals surface area contributed by atoms with Gasteiger partial charge in [0.05, 0.1) is 11.2 Å². The van der Waals surface area contributed by atoms with Crippen LogP contribution < -0.4 is 0 Å². The van der Waals surface area contributed by atoms with Crippen molar-refractivity contribution in [1.82, 2.24) is 19.9 Å². The highest BCUT2D eigenvalue weighted by atomic mass is 32.1. The Morgan fingerprint density at radius 3 is 2.91 bits per heavy atom. The molecule has 23 heavy (non-hydrogen) atoms. The van der Waals surface area contributed by atoms with Gasteiger partial charge in [0.1, 0.15) is 10.5 Å². The third-order valence-electron chi connectivity index (χ3n) is 4.54. The lowest BCUT2D eigenvalue weighted by atomic mass is 9.89. The number of aromatic amines is 1. The van der Waals surface area contributed by atoms with Crippen LogP contribution in [0.4, 0.5) is 0 Å². The molecule has 0 radical (unpaired) electrons. The van der Waals surface area contributed by atoms with Crippen LogP contribution >= 0.6 is 11.3 Å². The van der Waals surface area contributed by atoms with Crippen LogP contribution in [0.1, 0.15) is 39.0 Å². The molecule has 118 valence electrons. The van der Waals surface area contributed by atoms with Gasteiger partial charge in [-0.15, -0.1) is 11.3 Å². The minimum absolute atomic E-state index is 0.120. The lowest BCUT2D eigenvalue weighted by Crippen LogP contribution is -2.37. The zero-order valence-corrected chi connectivity index (χ0v) is 13.8. The summed E-state index contributed by atoms with van der Waals surface area (Å²) in [6.45, 7) is 3.53. The molecule has 1 fully saturated rings. The maximum absolute atomic E-state index is 12.5. The molecule has 1 amide bonds. The van der Waals surface area contributed by atoms with Gasteiger partial charge in [-0.3, -0.25) is 4.79 Å². The summed E-state index contributed by atoms with van der Waals surface area (Å²) >= 11 is 1.47. The van der Waals surface area contributed by atoms with E-state index in [2.05, 4.69) is 27.2 Å². The highest BCUT2D eigenvalue weighted by molar-refractivity contribution is 7.13. The van der Waals surface area contributed by atoms with Crippen LogP contribution in [-0.2, 0) is 0 Å². The molecule has 1 N–H and O–H groups in total.